The molecule has 1 unspecified atom stereocenters. The van der Waals surface area contributed by atoms with Crippen LogP contribution in [0.1, 0.15) is 31.2 Å². The van der Waals surface area contributed by atoms with Gasteiger partial charge in [-0.25, -0.2) is 9.67 Å². The first-order valence-electron chi connectivity index (χ1n) is 7.92. The summed E-state index contributed by atoms with van der Waals surface area (Å²) in [5, 5.41) is 16.4. The minimum atomic E-state index is -0.372. The van der Waals surface area contributed by atoms with Gasteiger partial charge in [-0.3, -0.25) is 10.1 Å². The normalized spacial score (nSPS) is 18.1. The number of aryl methyl sites for hydroxylation is 1. The minimum Gasteiger partial charge on any atom is -0.356 e. The summed E-state index contributed by atoms with van der Waals surface area (Å²) >= 11 is 0. The number of hydrogen-bond acceptors (Lipinski definition) is 5. The third-order valence-corrected chi connectivity index (χ3v) is 4.31. The van der Waals surface area contributed by atoms with E-state index in [1.165, 1.54) is 0 Å². The Bertz CT molecular complexity index is 908. The van der Waals surface area contributed by atoms with Gasteiger partial charge in [0.25, 0.3) is 5.69 Å². The van der Waals surface area contributed by atoms with E-state index in [1.807, 2.05) is 19.2 Å². The summed E-state index contributed by atoms with van der Waals surface area (Å²) in [4.78, 5) is 15.3. The number of nitro benzene ring substituents is 1. The summed E-state index contributed by atoms with van der Waals surface area (Å²) in [6, 6.07) is 3.45. The monoisotopic (exact) mass is 327 g/mol. The fraction of sp³-hybridized carbons (Fsp3) is 0.375. The average molecular weight is 327 g/mol. The number of benzene rings is 1. The Morgan fingerprint density at radius 3 is 2.92 bits per heavy atom. The van der Waals surface area contributed by atoms with Crippen molar-refractivity contribution in [2.24, 2.45) is 0 Å². The highest BCUT2D eigenvalue weighted by atomic mass is 16.6. The van der Waals surface area contributed by atoms with Crippen LogP contribution in [0.3, 0.4) is 0 Å². The number of nitrogens with zero attached hydrogens (tertiary/aromatic N) is 5. The van der Waals surface area contributed by atoms with E-state index in [1.54, 1.807) is 27.8 Å². The van der Waals surface area contributed by atoms with Crippen molar-refractivity contribution in [1.29, 1.82) is 0 Å². The first-order valence-corrected chi connectivity index (χ1v) is 7.92. The van der Waals surface area contributed by atoms with Crippen molar-refractivity contribution in [3.05, 3.63) is 46.7 Å². The quantitative estimate of drug-likeness (QED) is 0.545. The molecule has 1 aliphatic rings. The average Bonchev–Trinajstić information content (AvgIpc) is 3.20. The Morgan fingerprint density at radius 2 is 2.25 bits per heavy atom. The summed E-state index contributed by atoms with van der Waals surface area (Å²) in [6.07, 6.45) is 7.83. The molecule has 124 valence electrons. The van der Waals surface area contributed by atoms with E-state index in [2.05, 4.69) is 10.1 Å². The summed E-state index contributed by atoms with van der Waals surface area (Å²) < 4.78 is 9.33. The number of nitro groups is 1. The predicted octanol–water partition coefficient (Wildman–Crippen LogP) is 3.14. The van der Waals surface area contributed by atoms with Crippen LogP contribution >= 0.6 is 0 Å². The van der Waals surface area contributed by atoms with Gasteiger partial charge in [0.05, 0.1) is 39.7 Å². The molecule has 0 saturated carbocycles. The van der Waals surface area contributed by atoms with E-state index in [-0.39, 0.29) is 16.8 Å². The van der Waals surface area contributed by atoms with E-state index >= 15 is 0 Å². The fourth-order valence-corrected chi connectivity index (χ4v) is 3.12. The maximum absolute atomic E-state index is 11.5. The number of fused-ring (bicyclic) bond motifs is 1. The summed E-state index contributed by atoms with van der Waals surface area (Å²) in [6.45, 7) is 2.57. The molecule has 0 radical (unpaired) electrons. The van der Waals surface area contributed by atoms with E-state index in [9.17, 15) is 10.1 Å². The Labute approximate surface area is 137 Å². The van der Waals surface area contributed by atoms with Gasteiger partial charge in [-0.15, -0.1) is 0 Å². The maximum Gasteiger partial charge on any atom is 0.282 e. The zero-order chi connectivity index (χ0) is 16.7. The molecule has 2 aromatic heterocycles. The van der Waals surface area contributed by atoms with Gasteiger partial charge in [0, 0.05) is 18.9 Å². The van der Waals surface area contributed by atoms with Crippen LogP contribution in [0, 0.1) is 17.0 Å². The number of ether oxygens (including phenoxy) is 1. The second-order valence-corrected chi connectivity index (χ2v) is 5.99. The van der Waals surface area contributed by atoms with Crippen molar-refractivity contribution in [3.63, 3.8) is 0 Å². The fourth-order valence-electron chi connectivity index (χ4n) is 3.12. The Hall–Kier alpha value is -2.74. The molecule has 1 fully saturated rings. The van der Waals surface area contributed by atoms with E-state index in [4.69, 9.17) is 4.74 Å². The lowest BCUT2D eigenvalue weighted by Gasteiger charge is -2.23. The summed E-state index contributed by atoms with van der Waals surface area (Å²) in [5.41, 5.74) is 2.28. The lowest BCUT2D eigenvalue weighted by molar-refractivity contribution is -0.383. The molecule has 8 heteroatoms. The number of imidazole rings is 1. The molecule has 3 heterocycles. The number of non-ortho nitro benzene ring substituents is 1. The topological polar surface area (TPSA) is 88.0 Å². The molecule has 1 aliphatic heterocycles. The maximum atomic E-state index is 11.5. The van der Waals surface area contributed by atoms with Crippen molar-refractivity contribution >= 4 is 16.6 Å². The van der Waals surface area contributed by atoms with Crippen LogP contribution in [0.15, 0.2) is 30.9 Å². The molecule has 1 saturated heterocycles. The molecule has 0 spiro atoms. The summed E-state index contributed by atoms with van der Waals surface area (Å²) in [5.74, 6) is 0. The molecular formula is C16H17N5O3. The molecule has 3 aromatic rings. The third kappa shape index (κ3) is 2.44. The van der Waals surface area contributed by atoms with Gasteiger partial charge in [-0.05, 0) is 32.3 Å². The lowest BCUT2D eigenvalue weighted by atomic mass is 10.1. The first kappa shape index (κ1) is 14.8. The van der Waals surface area contributed by atoms with Crippen LogP contribution in [0.2, 0.25) is 0 Å². The molecule has 1 atom stereocenters. The molecule has 0 N–H and O–H groups in total. The Balaban J connectivity index is 1.90. The van der Waals surface area contributed by atoms with E-state index in [0.717, 1.165) is 25.0 Å². The van der Waals surface area contributed by atoms with Gasteiger partial charge in [-0.1, -0.05) is 0 Å². The molecule has 4 rings (SSSR count). The van der Waals surface area contributed by atoms with Gasteiger partial charge < -0.3 is 9.30 Å². The standard InChI is InChI=1S/C16H17N5O3/c1-11-9-19(10-17-11)12-6-14-13(15(7-12)21(22)23)8-18-20(14)16-4-2-3-5-24-16/h6-10,16H,2-5H2,1H3. The highest BCUT2D eigenvalue weighted by Crippen LogP contribution is 2.32. The minimum absolute atomic E-state index is 0.0379. The van der Waals surface area contributed by atoms with Crippen molar-refractivity contribution in [2.45, 2.75) is 32.4 Å². The van der Waals surface area contributed by atoms with Gasteiger partial charge in [0.15, 0.2) is 6.23 Å². The molecule has 1 aromatic carbocycles. The molecule has 0 bridgehead atoms. The second kappa shape index (κ2) is 5.72. The smallest absolute Gasteiger partial charge is 0.282 e. The van der Waals surface area contributed by atoms with Gasteiger partial charge in [0.2, 0.25) is 0 Å². The van der Waals surface area contributed by atoms with Crippen LogP contribution in [0.5, 0.6) is 0 Å². The molecule has 0 aliphatic carbocycles. The number of aromatic nitrogens is 4. The highest BCUT2D eigenvalue weighted by molar-refractivity contribution is 5.90. The molecular weight excluding hydrogens is 310 g/mol. The van der Waals surface area contributed by atoms with Crippen molar-refractivity contribution in [2.75, 3.05) is 6.61 Å². The predicted molar refractivity (Wildman–Crippen MR) is 87.1 cm³/mol. The Kier molecular flexibility index (Phi) is 3.53. The van der Waals surface area contributed by atoms with Gasteiger partial charge in [-0.2, -0.15) is 5.10 Å². The third-order valence-electron chi connectivity index (χ3n) is 4.31. The van der Waals surface area contributed by atoms with Crippen LogP contribution in [-0.4, -0.2) is 30.9 Å². The van der Waals surface area contributed by atoms with Crippen LogP contribution < -0.4 is 0 Å². The zero-order valence-corrected chi connectivity index (χ0v) is 13.3. The van der Waals surface area contributed by atoms with Crippen molar-refractivity contribution in [1.82, 2.24) is 19.3 Å². The van der Waals surface area contributed by atoms with Crippen LogP contribution in [0.4, 0.5) is 5.69 Å². The lowest BCUT2D eigenvalue weighted by Crippen LogP contribution is -2.19. The second-order valence-electron chi connectivity index (χ2n) is 5.99. The Morgan fingerprint density at radius 1 is 1.38 bits per heavy atom. The SMILES string of the molecule is Cc1cn(-c2cc([N+](=O)[O-])c3cnn(C4CCCCO4)c3c2)cn1. The largest absolute Gasteiger partial charge is 0.356 e. The van der Waals surface area contributed by atoms with Crippen molar-refractivity contribution < 1.29 is 9.66 Å². The van der Waals surface area contributed by atoms with Crippen LogP contribution in [-0.2, 0) is 4.74 Å². The molecule has 8 nitrogen and oxygen atoms in total. The van der Waals surface area contributed by atoms with E-state index in [0.29, 0.717) is 23.2 Å². The molecule has 0 amide bonds. The van der Waals surface area contributed by atoms with Crippen LogP contribution in [0.25, 0.3) is 16.6 Å². The van der Waals surface area contributed by atoms with Gasteiger partial charge in [0.1, 0.15) is 0 Å². The zero-order valence-electron chi connectivity index (χ0n) is 13.3. The van der Waals surface area contributed by atoms with E-state index < -0.39 is 0 Å². The number of hydrogen-bond donors (Lipinski definition) is 0. The first-order chi connectivity index (χ1) is 11.6. The number of rotatable bonds is 3. The van der Waals surface area contributed by atoms with Gasteiger partial charge >= 0.3 is 0 Å². The summed E-state index contributed by atoms with van der Waals surface area (Å²) in [7, 11) is 0. The highest BCUT2D eigenvalue weighted by Gasteiger charge is 2.23. The molecule has 24 heavy (non-hydrogen) atoms. The van der Waals surface area contributed by atoms with Crippen molar-refractivity contribution in [3.8, 4) is 5.69 Å².